The zero-order valence-electron chi connectivity index (χ0n) is 8.55. The van der Waals surface area contributed by atoms with Crippen LogP contribution >= 0.6 is 11.3 Å². The number of hydrogen-bond donors (Lipinski definition) is 2. The molecule has 80 valence electrons. The van der Waals surface area contributed by atoms with Gasteiger partial charge in [-0.15, -0.1) is 11.3 Å². The summed E-state index contributed by atoms with van der Waals surface area (Å²) in [7, 11) is 0. The van der Waals surface area contributed by atoms with E-state index in [9.17, 15) is 5.11 Å². The number of aromatic amines is 1. The molecular weight excluding hydrogens is 218 g/mol. The first-order chi connectivity index (χ1) is 7.86. The van der Waals surface area contributed by atoms with Crippen molar-refractivity contribution in [2.24, 2.45) is 0 Å². The van der Waals surface area contributed by atoms with Gasteiger partial charge in [0.2, 0.25) is 0 Å². The Balaban J connectivity index is 2.12. The van der Waals surface area contributed by atoms with Crippen LogP contribution in [0, 0.1) is 0 Å². The Morgan fingerprint density at radius 1 is 1.12 bits per heavy atom. The van der Waals surface area contributed by atoms with Gasteiger partial charge in [0.1, 0.15) is 6.10 Å². The highest BCUT2D eigenvalue weighted by atomic mass is 32.1. The lowest BCUT2D eigenvalue weighted by molar-refractivity contribution is 0.218. The van der Waals surface area contributed by atoms with Crippen LogP contribution in [0.4, 0.5) is 0 Å². The van der Waals surface area contributed by atoms with Gasteiger partial charge >= 0.3 is 0 Å². The molecule has 0 fully saturated rings. The summed E-state index contributed by atoms with van der Waals surface area (Å²) in [6.07, 6.45) is 1.26. The second-order valence-electron chi connectivity index (χ2n) is 3.72. The molecule has 0 aliphatic heterocycles. The van der Waals surface area contributed by atoms with Gasteiger partial charge in [0.05, 0.1) is 0 Å². The molecule has 0 bridgehead atoms. The maximum Gasteiger partial charge on any atom is 0.120 e. The van der Waals surface area contributed by atoms with Gasteiger partial charge in [-0.2, -0.15) is 0 Å². The van der Waals surface area contributed by atoms with E-state index in [1.807, 2.05) is 41.9 Å². The van der Waals surface area contributed by atoms with Crippen molar-refractivity contribution in [3.05, 3.63) is 59.2 Å². The summed E-state index contributed by atoms with van der Waals surface area (Å²) >= 11 is 1.67. The topological polar surface area (TPSA) is 36.0 Å². The standard InChI is InChI=1S/C13H11NOS/c15-13(11-5-3-7-14-11)10-8-16-12-6-2-1-4-9(10)12/h1-8,13-15H. The van der Waals surface area contributed by atoms with Crippen molar-refractivity contribution >= 4 is 21.4 Å². The molecule has 3 heteroatoms. The number of aliphatic hydroxyl groups excluding tert-OH is 1. The summed E-state index contributed by atoms with van der Waals surface area (Å²) < 4.78 is 1.21. The minimum absolute atomic E-state index is 0.564. The minimum Gasteiger partial charge on any atom is -0.382 e. The molecular formula is C13H11NOS. The Labute approximate surface area is 97.2 Å². The van der Waals surface area contributed by atoms with Crippen LogP contribution in [0.2, 0.25) is 0 Å². The van der Waals surface area contributed by atoms with Crippen molar-refractivity contribution in [3.63, 3.8) is 0 Å². The Morgan fingerprint density at radius 3 is 2.81 bits per heavy atom. The number of nitrogens with one attached hydrogen (secondary N) is 1. The molecule has 0 aliphatic rings. The molecule has 2 aromatic heterocycles. The van der Waals surface area contributed by atoms with Crippen molar-refractivity contribution in [2.45, 2.75) is 6.10 Å². The van der Waals surface area contributed by atoms with Crippen molar-refractivity contribution in [2.75, 3.05) is 0 Å². The van der Waals surface area contributed by atoms with Gasteiger partial charge in [0.25, 0.3) is 0 Å². The van der Waals surface area contributed by atoms with E-state index in [0.717, 1.165) is 16.6 Å². The molecule has 0 spiro atoms. The summed E-state index contributed by atoms with van der Waals surface area (Å²) in [4.78, 5) is 3.04. The van der Waals surface area contributed by atoms with E-state index in [0.29, 0.717) is 0 Å². The third-order valence-electron chi connectivity index (χ3n) is 2.72. The van der Waals surface area contributed by atoms with Crippen molar-refractivity contribution < 1.29 is 5.11 Å². The molecule has 16 heavy (non-hydrogen) atoms. The predicted molar refractivity (Wildman–Crippen MR) is 66.7 cm³/mol. The zero-order chi connectivity index (χ0) is 11.0. The van der Waals surface area contributed by atoms with Crippen molar-refractivity contribution in [1.29, 1.82) is 0 Å². The second kappa shape index (κ2) is 3.77. The molecule has 1 aromatic carbocycles. The molecule has 0 amide bonds. The van der Waals surface area contributed by atoms with Crippen LogP contribution in [-0.4, -0.2) is 10.1 Å². The van der Waals surface area contributed by atoms with Crippen LogP contribution in [-0.2, 0) is 0 Å². The highest BCUT2D eigenvalue weighted by molar-refractivity contribution is 7.17. The van der Waals surface area contributed by atoms with E-state index in [-0.39, 0.29) is 0 Å². The molecule has 0 saturated carbocycles. The van der Waals surface area contributed by atoms with Crippen LogP contribution in [0.3, 0.4) is 0 Å². The van der Waals surface area contributed by atoms with Gasteiger partial charge in [0.15, 0.2) is 0 Å². The fraction of sp³-hybridized carbons (Fsp3) is 0.0769. The quantitative estimate of drug-likeness (QED) is 0.695. The van der Waals surface area contributed by atoms with Gasteiger partial charge in [-0.05, 0) is 29.0 Å². The molecule has 2 N–H and O–H groups in total. The summed E-state index contributed by atoms with van der Waals surface area (Å²) in [5.41, 5.74) is 1.81. The average molecular weight is 229 g/mol. The van der Waals surface area contributed by atoms with Gasteiger partial charge in [-0.3, -0.25) is 0 Å². The largest absolute Gasteiger partial charge is 0.382 e. The number of H-pyrrole nitrogens is 1. The Kier molecular flexibility index (Phi) is 2.27. The van der Waals surface area contributed by atoms with Gasteiger partial charge in [-0.25, -0.2) is 0 Å². The summed E-state index contributed by atoms with van der Waals surface area (Å²) in [6.45, 7) is 0. The molecule has 0 radical (unpaired) electrons. The van der Waals surface area contributed by atoms with Gasteiger partial charge in [0, 0.05) is 22.2 Å². The fourth-order valence-corrected chi connectivity index (χ4v) is 2.87. The Bertz CT molecular complexity index is 597. The molecule has 3 rings (SSSR count). The van der Waals surface area contributed by atoms with Crippen LogP contribution in [0.25, 0.3) is 10.1 Å². The molecule has 0 saturated heterocycles. The number of aromatic nitrogens is 1. The van der Waals surface area contributed by atoms with Crippen LogP contribution in [0.5, 0.6) is 0 Å². The predicted octanol–water partition coefficient (Wildman–Crippen LogP) is 3.31. The normalized spacial score (nSPS) is 13.1. The Morgan fingerprint density at radius 2 is 2.00 bits per heavy atom. The highest BCUT2D eigenvalue weighted by Gasteiger charge is 2.15. The van der Waals surface area contributed by atoms with Gasteiger partial charge in [-0.1, -0.05) is 18.2 Å². The monoisotopic (exact) mass is 229 g/mol. The van der Waals surface area contributed by atoms with Crippen LogP contribution in [0.1, 0.15) is 17.4 Å². The fourth-order valence-electron chi connectivity index (χ4n) is 1.89. The SMILES string of the molecule is OC(c1ccc[nH]1)c1csc2ccccc12. The smallest absolute Gasteiger partial charge is 0.120 e. The Hall–Kier alpha value is -1.58. The van der Waals surface area contributed by atoms with E-state index >= 15 is 0 Å². The third-order valence-corrected chi connectivity index (χ3v) is 3.70. The molecule has 2 heterocycles. The maximum atomic E-state index is 10.2. The summed E-state index contributed by atoms with van der Waals surface area (Å²) in [6, 6.07) is 11.9. The lowest BCUT2D eigenvalue weighted by atomic mass is 10.1. The second-order valence-corrected chi connectivity index (χ2v) is 4.63. The number of aliphatic hydroxyl groups is 1. The van der Waals surface area contributed by atoms with E-state index in [4.69, 9.17) is 0 Å². The molecule has 2 nitrogen and oxygen atoms in total. The first-order valence-corrected chi connectivity index (χ1v) is 6.02. The first kappa shape index (κ1) is 9.63. The minimum atomic E-state index is -0.564. The third kappa shape index (κ3) is 1.45. The van der Waals surface area contributed by atoms with Crippen molar-refractivity contribution in [3.8, 4) is 0 Å². The van der Waals surface area contributed by atoms with Crippen LogP contribution in [0.15, 0.2) is 48.0 Å². The number of thiophene rings is 1. The number of benzene rings is 1. The summed E-state index contributed by atoms with van der Waals surface area (Å²) in [5.74, 6) is 0. The molecule has 0 aliphatic carbocycles. The number of fused-ring (bicyclic) bond motifs is 1. The van der Waals surface area contributed by atoms with Crippen LogP contribution < -0.4 is 0 Å². The molecule has 1 unspecified atom stereocenters. The lowest BCUT2D eigenvalue weighted by Gasteiger charge is -2.07. The molecule has 3 aromatic rings. The summed E-state index contributed by atoms with van der Waals surface area (Å²) in [5, 5.41) is 13.4. The highest BCUT2D eigenvalue weighted by Crippen LogP contribution is 2.32. The van der Waals surface area contributed by atoms with E-state index < -0.39 is 6.10 Å². The van der Waals surface area contributed by atoms with Crippen molar-refractivity contribution in [1.82, 2.24) is 4.98 Å². The molecule has 1 atom stereocenters. The van der Waals surface area contributed by atoms with E-state index in [1.54, 1.807) is 11.3 Å². The number of hydrogen-bond acceptors (Lipinski definition) is 2. The maximum absolute atomic E-state index is 10.2. The number of rotatable bonds is 2. The lowest BCUT2D eigenvalue weighted by Crippen LogP contribution is -1.98. The average Bonchev–Trinajstić information content (AvgIpc) is 2.98. The van der Waals surface area contributed by atoms with E-state index in [2.05, 4.69) is 11.1 Å². The first-order valence-electron chi connectivity index (χ1n) is 5.14. The van der Waals surface area contributed by atoms with E-state index in [1.165, 1.54) is 4.70 Å². The van der Waals surface area contributed by atoms with Gasteiger partial charge < -0.3 is 10.1 Å². The zero-order valence-corrected chi connectivity index (χ0v) is 9.37.